The van der Waals surface area contributed by atoms with Gasteiger partial charge in [0, 0.05) is 0 Å². The molecule has 164 valence electrons. The molecule has 4 heteroatoms. The normalized spacial score (nSPS) is 16.9. The van der Waals surface area contributed by atoms with E-state index in [2.05, 4.69) is 57.5 Å². The van der Waals surface area contributed by atoms with Crippen molar-refractivity contribution < 1.29 is 14.6 Å². The van der Waals surface area contributed by atoms with E-state index in [1.165, 1.54) is 36.8 Å². The Morgan fingerprint density at radius 3 is 2.37 bits per heavy atom. The summed E-state index contributed by atoms with van der Waals surface area (Å²) in [6.45, 7) is 13.9. The van der Waals surface area contributed by atoms with E-state index in [0.29, 0.717) is 5.57 Å². The van der Waals surface area contributed by atoms with E-state index in [9.17, 15) is 9.90 Å². The maximum absolute atomic E-state index is 10.7. The number of hydrogen-bond acceptors (Lipinski definition) is 3. The number of carbonyl (C=O) groups is 1. The predicted octanol–water partition coefficient (Wildman–Crippen LogP) is 3.98. The topological polar surface area (TPSA) is 49.4 Å². The summed E-state index contributed by atoms with van der Waals surface area (Å²) in [4.78, 5) is 13.9. The van der Waals surface area contributed by atoms with Crippen molar-refractivity contribution >= 4 is 25.4 Å². The summed E-state index contributed by atoms with van der Waals surface area (Å²) in [7, 11) is 0. The third-order valence-electron chi connectivity index (χ3n) is 5.92. The van der Waals surface area contributed by atoms with E-state index < -0.39 is 5.97 Å². The van der Waals surface area contributed by atoms with Crippen molar-refractivity contribution in [3.8, 4) is 16.5 Å². The first-order valence-electron chi connectivity index (χ1n) is 11.0. The number of allylic oxidation sites excluding steroid dienone is 1. The Labute approximate surface area is 188 Å². The van der Waals surface area contributed by atoms with E-state index in [0.717, 1.165) is 35.7 Å². The van der Waals surface area contributed by atoms with Crippen molar-refractivity contribution in [2.45, 2.75) is 90.9 Å². The van der Waals surface area contributed by atoms with E-state index in [1.54, 1.807) is 6.92 Å². The van der Waals surface area contributed by atoms with E-state index in [4.69, 9.17) is 4.74 Å². The van der Waals surface area contributed by atoms with Crippen LogP contribution in [-0.4, -0.2) is 27.5 Å². The van der Waals surface area contributed by atoms with Gasteiger partial charge < -0.3 is 0 Å². The molecule has 3 nitrogen and oxygen atoms in total. The molecule has 0 saturated heterocycles. The summed E-state index contributed by atoms with van der Waals surface area (Å²) in [6.07, 6.45) is 8.08. The molecule has 2 rings (SSSR count). The van der Waals surface area contributed by atoms with Crippen molar-refractivity contribution in [1.29, 1.82) is 0 Å². The minimum absolute atomic E-state index is 0.119. The third-order valence-corrected chi connectivity index (χ3v) is 7.48. The summed E-state index contributed by atoms with van der Waals surface area (Å²) in [5, 5.41) is 10.7. The van der Waals surface area contributed by atoms with Crippen molar-refractivity contribution in [3.63, 3.8) is 0 Å². The predicted molar refractivity (Wildman–Crippen MR) is 123 cm³/mol. The molecule has 0 atom stereocenters. The van der Waals surface area contributed by atoms with Gasteiger partial charge >= 0.3 is 189 Å². The molecule has 0 amide bonds. The number of hydrogen-bond donors (Lipinski definition) is 0. The van der Waals surface area contributed by atoms with Gasteiger partial charge in [0.05, 0.1) is 0 Å². The van der Waals surface area contributed by atoms with Crippen LogP contribution in [-0.2, 0) is 15.6 Å². The Hall–Kier alpha value is -1.69. The van der Waals surface area contributed by atoms with Crippen LogP contribution in [0.2, 0.25) is 0 Å². The molecule has 1 aliphatic carbocycles. The molecule has 0 heterocycles. The quantitative estimate of drug-likeness (QED) is 0.248. The second-order valence-corrected chi connectivity index (χ2v) is 11.3. The van der Waals surface area contributed by atoms with Gasteiger partial charge in [0.15, 0.2) is 0 Å². The van der Waals surface area contributed by atoms with Gasteiger partial charge in [-0.15, -0.1) is 0 Å². The SMILES string of the molecule is CCCCCCOc1cc2c(cc1[Se]C#C/C(C)=C/C(=O)[O-])C(C)(C)CCC2(C)C. The van der Waals surface area contributed by atoms with Gasteiger partial charge in [-0.3, -0.25) is 0 Å². The fraction of sp³-hybridized carbons (Fsp3) is 0.577. The zero-order chi connectivity index (χ0) is 22.4. The monoisotopic (exact) mass is 475 g/mol. The first-order chi connectivity index (χ1) is 14.1. The molecule has 0 bridgehead atoms. The fourth-order valence-corrected chi connectivity index (χ4v) is 5.36. The summed E-state index contributed by atoms with van der Waals surface area (Å²) in [5.74, 6) is 2.70. The van der Waals surface area contributed by atoms with Gasteiger partial charge in [0.1, 0.15) is 0 Å². The number of carbonyl (C=O) groups excluding carboxylic acids is 1. The Bertz CT molecular complexity index is 853. The van der Waals surface area contributed by atoms with Gasteiger partial charge in [-0.1, -0.05) is 0 Å². The summed E-state index contributed by atoms with van der Waals surface area (Å²) in [6, 6.07) is 4.57. The number of rotatable bonds is 8. The second kappa shape index (κ2) is 10.6. The van der Waals surface area contributed by atoms with Crippen molar-refractivity contribution in [1.82, 2.24) is 0 Å². The first-order valence-corrected chi connectivity index (χ1v) is 12.7. The number of ether oxygens (including phenoxy) is 1. The minimum atomic E-state index is -1.21. The van der Waals surface area contributed by atoms with Crippen LogP contribution < -0.4 is 14.3 Å². The van der Waals surface area contributed by atoms with Crippen LogP contribution in [0.25, 0.3) is 0 Å². The maximum atomic E-state index is 10.7. The zero-order valence-electron chi connectivity index (χ0n) is 19.3. The molecule has 0 aromatic heterocycles. The molecular formula is C26H35O3Se-. The van der Waals surface area contributed by atoms with Crippen LogP contribution in [0.1, 0.15) is 91.2 Å². The molecule has 0 aliphatic heterocycles. The average molecular weight is 475 g/mol. The van der Waals surface area contributed by atoms with Crippen LogP contribution in [0.15, 0.2) is 23.8 Å². The Kier molecular flexibility index (Phi) is 8.65. The Morgan fingerprint density at radius 2 is 1.77 bits per heavy atom. The average Bonchev–Trinajstić information content (AvgIpc) is 2.65. The number of fused-ring (bicyclic) bond motifs is 1. The van der Waals surface area contributed by atoms with Crippen LogP contribution >= 0.6 is 0 Å². The van der Waals surface area contributed by atoms with Crippen molar-refractivity contribution in [3.05, 3.63) is 34.9 Å². The van der Waals surface area contributed by atoms with Crippen LogP contribution in [0.5, 0.6) is 5.75 Å². The molecule has 0 unspecified atom stereocenters. The third kappa shape index (κ3) is 6.66. The fourth-order valence-electron chi connectivity index (χ4n) is 3.85. The van der Waals surface area contributed by atoms with Crippen molar-refractivity contribution in [2.24, 2.45) is 0 Å². The summed E-state index contributed by atoms with van der Waals surface area (Å²) < 4.78 is 7.41. The van der Waals surface area contributed by atoms with Gasteiger partial charge in [0.25, 0.3) is 0 Å². The molecule has 0 radical (unpaired) electrons. The molecular weight excluding hydrogens is 439 g/mol. The van der Waals surface area contributed by atoms with Crippen LogP contribution in [0.4, 0.5) is 0 Å². The Balaban J connectivity index is 2.37. The van der Waals surface area contributed by atoms with Crippen molar-refractivity contribution in [2.75, 3.05) is 6.61 Å². The summed E-state index contributed by atoms with van der Waals surface area (Å²) >= 11 is -0.119. The number of carboxylic acids is 1. The molecule has 0 spiro atoms. The first kappa shape index (κ1) is 24.6. The second-order valence-electron chi connectivity index (χ2n) is 9.50. The molecule has 1 aromatic rings. The van der Waals surface area contributed by atoms with Gasteiger partial charge in [-0.2, -0.15) is 0 Å². The molecule has 1 aromatic carbocycles. The number of unbranched alkanes of at least 4 members (excludes halogenated alkanes) is 3. The molecule has 1 aliphatic rings. The van der Waals surface area contributed by atoms with Crippen LogP contribution in [0.3, 0.4) is 0 Å². The zero-order valence-corrected chi connectivity index (χ0v) is 21.0. The number of carboxylic acid groups (broad SMARTS) is 1. The van der Waals surface area contributed by atoms with Gasteiger partial charge in [0.2, 0.25) is 0 Å². The summed E-state index contributed by atoms with van der Waals surface area (Å²) in [5.41, 5.74) is 3.57. The van der Waals surface area contributed by atoms with E-state index in [-0.39, 0.29) is 25.8 Å². The van der Waals surface area contributed by atoms with Gasteiger partial charge in [-0.25, -0.2) is 0 Å². The number of aliphatic carboxylic acids is 1. The molecule has 0 saturated carbocycles. The Morgan fingerprint density at radius 1 is 1.13 bits per heavy atom. The molecule has 0 N–H and O–H groups in total. The molecule has 30 heavy (non-hydrogen) atoms. The van der Waals surface area contributed by atoms with Gasteiger partial charge in [-0.05, 0) is 0 Å². The number of benzene rings is 1. The van der Waals surface area contributed by atoms with Crippen LogP contribution in [0, 0.1) is 10.7 Å². The standard InChI is InChI=1S/C26H36O3Se/c1-7-8-9-10-14-29-22-17-20-21(26(5,6)13-12-25(20,3)4)18-23(22)30-15-11-19(2)16-24(27)28/h16-18H,7-10,12-14H2,1-6H3,(H,27,28)/p-1/b19-16+. The van der Waals surface area contributed by atoms with E-state index >= 15 is 0 Å². The molecule has 0 fully saturated rings. The van der Waals surface area contributed by atoms with E-state index in [1.807, 2.05) is 0 Å².